The van der Waals surface area contributed by atoms with Gasteiger partial charge in [0.2, 0.25) is 5.91 Å². The Labute approximate surface area is 157 Å². The number of carboxylic acid groups (broad SMARTS) is 1. The number of benzene rings is 2. The quantitative estimate of drug-likeness (QED) is 0.632. The fourth-order valence-corrected chi connectivity index (χ4v) is 3.06. The molecule has 0 radical (unpaired) electrons. The van der Waals surface area contributed by atoms with Crippen molar-refractivity contribution in [3.05, 3.63) is 59.7 Å². The molecule has 0 atom stereocenters. The molecular weight excluding hydrogens is 370 g/mol. The summed E-state index contributed by atoms with van der Waals surface area (Å²) in [5.41, 5.74) is 0.813. The first-order valence-electron chi connectivity index (χ1n) is 8.28. The Balaban J connectivity index is 1.73. The Kier molecular flexibility index (Phi) is 6.95. The maximum absolute atomic E-state index is 11.9. The number of aromatic carboxylic acids is 1. The van der Waals surface area contributed by atoms with E-state index in [1.54, 1.807) is 30.3 Å². The van der Waals surface area contributed by atoms with Crippen molar-refractivity contribution in [3.8, 4) is 5.75 Å². The van der Waals surface area contributed by atoms with Gasteiger partial charge in [-0.05, 0) is 42.3 Å². The predicted molar refractivity (Wildman–Crippen MR) is 99.8 cm³/mol. The number of aryl methyl sites for hydroxylation is 1. The smallest absolute Gasteiger partial charge is 0.335 e. The molecule has 0 unspecified atom stereocenters. The van der Waals surface area contributed by atoms with E-state index in [-0.39, 0.29) is 35.9 Å². The van der Waals surface area contributed by atoms with Crippen LogP contribution in [0.25, 0.3) is 0 Å². The van der Waals surface area contributed by atoms with Crippen molar-refractivity contribution >= 4 is 21.7 Å². The van der Waals surface area contributed by atoms with Gasteiger partial charge in [-0.25, -0.2) is 13.2 Å². The average Bonchev–Trinajstić information content (AvgIpc) is 2.63. The Bertz CT molecular complexity index is 906. The van der Waals surface area contributed by atoms with Gasteiger partial charge in [-0.15, -0.1) is 0 Å². The van der Waals surface area contributed by atoms with Gasteiger partial charge in [0.1, 0.15) is 12.4 Å². The number of hydrogen-bond donors (Lipinski definition) is 2. The molecule has 0 fully saturated rings. The zero-order chi connectivity index (χ0) is 19.9. The van der Waals surface area contributed by atoms with E-state index >= 15 is 0 Å². The maximum Gasteiger partial charge on any atom is 0.335 e. The lowest BCUT2D eigenvalue weighted by Gasteiger charge is -2.09. The fraction of sp³-hybridized carbons (Fsp3) is 0.263. The maximum atomic E-state index is 11.9. The van der Waals surface area contributed by atoms with Gasteiger partial charge in [0, 0.05) is 12.7 Å². The van der Waals surface area contributed by atoms with Crippen LogP contribution in [-0.2, 0) is 21.1 Å². The standard InChI is InChI=1S/C19H21NO6S/c1-27(24,25)16-9-7-15(8-10-16)26-13-12-20-18(21)11-6-14-4-2-3-5-17(14)19(22)23/h2-5,7-10H,6,11-13H2,1H3,(H,20,21)(H,22,23). The summed E-state index contributed by atoms with van der Waals surface area (Å²) in [4.78, 5) is 23.2. The largest absolute Gasteiger partial charge is 0.492 e. The van der Waals surface area contributed by atoms with Crippen LogP contribution in [0.1, 0.15) is 22.3 Å². The molecule has 0 spiro atoms. The van der Waals surface area contributed by atoms with Crippen LogP contribution in [0.4, 0.5) is 0 Å². The van der Waals surface area contributed by atoms with Crippen molar-refractivity contribution in [2.45, 2.75) is 17.7 Å². The van der Waals surface area contributed by atoms with Crippen molar-refractivity contribution in [1.29, 1.82) is 0 Å². The Hall–Kier alpha value is -2.87. The molecule has 7 nitrogen and oxygen atoms in total. The van der Waals surface area contributed by atoms with Crippen molar-refractivity contribution in [3.63, 3.8) is 0 Å². The van der Waals surface area contributed by atoms with E-state index in [4.69, 9.17) is 9.84 Å². The lowest BCUT2D eigenvalue weighted by Crippen LogP contribution is -2.28. The normalized spacial score (nSPS) is 11.0. The number of sulfone groups is 1. The highest BCUT2D eigenvalue weighted by molar-refractivity contribution is 7.90. The van der Waals surface area contributed by atoms with Crippen molar-refractivity contribution < 1.29 is 27.9 Å². The summed E-state index contributed by atoms with van der Waals surface area (Å²) in [7, 11) is -3.24. The monoisotopic (exact) mass is 391 g/mol. The molecule has 2 aromatic carbocycles. The Morgan fingerprint density at radius 1 is 1.07 bits per heavy atom. The number of amides is 1. The molecule has 0 heterocycles. The highest BCUT2D eigenvalue weighted by atomic mass is 32.2. The van der Waals surface area contributed by atoms with Crippen molar-refractivity contribution in [2.75, 3.05) is 19.4 Å². The molecule has 2 rings (SSSR count). The minimum atomic E-state index is -3.24. The molecule has 27 heavy (non-hydrogen) atoms. The van der Waals surface area contributed by atoms with Gasteiger partial charge in [0.15, 0.2) is 9.84 Å². The fourth-order valence-electron chi connectivity index (χ4n) is 2.43. The highest BCUT2D eigenvalue weighted by Crippen LogP contribution is 2.15. The molecule has 0 aromatic heterocycles. The molecule has 0 aliphatic heterocycles. The molecular formula is C19H21NO6S. The topological polar surface area (TPSA) is 110 Å². The van der Waals surface area contributed by atoms with E-state index in [0.29, 0.717) is 17.7 Å². The third-order valence-electron chi connectivity index (χ3n) is 3.81. The van der Waals surface area contributed by atoms with E-state index in [2.05, 4.69) is 5.32 Å². The van der Waals surface area contributed by atoms with E-state index < -0.39 is 15.8 Å². The molecule has 0 saturated heterocycles. The molecule has 144 valence electrons. The minimum Gasteiger partial charge on any atom is -0.492 e. The predicted octanol–water partition coefficient (Wildman–Crippen LogP) is 1.92. The molecule has 0 bridgehead atoms. The molecule has 2 N–H and O–H groups in total. The first-order valence-corrected chi connectivity index (χ1v) is 10.2. The van der Waals surface area contributed by atoms with Gasteiger partial charge in [0.25, 0.3) is 0 Å². The van der Waals surface area contributed by atoms with E-state index in [0.717, 1.165) is 6.26 Å². The summed E-state index contributed by atoms with van der Waals surface area (Å²) in [6.07, 6.45) is 1.64. The van der Waals surface area contributed by atoms with Gasteiger partial charge >= 0.3 is 5.97 Å². The van der Waals surface area contributed by atoms with E-state index in [1.807, 2.05) is 0 Å². The van der Waals surface area contributed by atoms with E-state index in [1.165, 1.54) is 18.2 Å². The van der Waals surface area contributed by atoms with Gasteiger partial charge in [-0.1, -0.05) is 18.2 Å². The summed E-state index contributed by atoms with van der Waals surface area (Å²) in [6, 6.07) is 12.6. The van der Waals surface area contributed by atoms with Gasteiger partial charge in [0.05, 0.1) is 17.0 Å². The number of hydrogen-bond acceptors (Lipinski definition) is 5. The van der Waals surface area contributed by atoms with Crippen molar-refractivity contribution in [2.24, 2.45) is 0 Å². The number of carbonyl (C=O) groups is 2. The number of ether oxygens (including phenoxy) is 1. The molecule has 1 amide bonds. The third kappa shape index (κ3) is 6.41. The van der Waals surface area contributed by atoms with E-state index in [9.17, 15) is 18.0 Å². The number of nitrogens with one attached hydrogen (secondary N) is 1. The average molecular weight is 391 g/mol. The van der Waals surface area contributed by atoms with Crippen LogP contribution in [-0.4, -0.2) is 44.8 Å². The summed E-state index contributed by atoms with van der Waals surface area (Å²) >= 11 is 0. The Morgan fingerprint density at radius 2 is 1.74 bits per heavy atom. The number of carbonyl (C=O) groups excluding carboxylic acids is 1. The van der Waals surface area contributed by atoms with Crippen LogP contribution < -0.4 is 10.1 Å². The van der Waals surface area contributed by atoms with Crippen LogP contribution >= 0.6 is 0 Å². The highest BCUT2D eigenvalue weighted by Gasteiger charge is 2.10. The van der Waals surface area contributed by atoms with Gasteiger partial charge in [-0.3, -0.25) is 4.79 Å². The second kappa shape index (κ2) is 9.18. The summed E-state index contributed by atoms with van der Waals surface area (Å²) in [5.74, 6) is -0.709. The molecule has 8 heteroatoms. The Morgan fingerprint density at radius 3 is 2.37 bits per heavy atom. The summed E-state index contributed by atoms with van der Waals surface area (Å²) in [5, 5.41) is 11.8. The zero-order valence-electron chi connectivity index (χ0n) is 14.8. The lowest BCUT2D eigenvalue weighted by atomic mass is 10.0. The van der Waals surface area contributed by atoms with Crippen LogP contribution in [0.5, 0.6) is 5.75 Å². The molecule has 0 aliphatic carbocycles. The minimum absolute atomic E-state index is 0.174. The van der Waals surface area contributed by atoms with Crippen LogP contribution in [0, 0.1) is 0 Å². The zero-order valence-corrected chi connectivity index (χ0v) is 15.7. The first-order chi connectivity index (χ1) is 12.8. The van der Waals surface area contributed by atoms with Gasteiger partial charge in [-0.2, -0.15) is 0 Å². The second-order valence-corrected chi connectivity index (χ2v) is 7.92. The summed E-state index contributed by atoms with van der Waals surface area (Å²) in [6.45, 7) is 0.517. The number of rotatable bonds is 9. The van der Waals surface area contributed by atoms with Crippen LogP contribution in [0.3, 0.4) is 0 Å². The SMILES string of the molecule is CS(=O)(=O)c1ccc(OCCNC(=O)CCc2ccccc2C(=O)O)cc1. The summed E-state index contributed by atoms with van der Waals surface area (Å²) < 4.78 is 28.2. The third-order valence-corrected chi connectivity index (χ3v) is 4.94. The molecule has 0 saturated carbocycles. The van der Waals surface area contributed by atoms with Gasteiger partial charge < -0.3 is 15.2 Å². The number of carboxylic acids is 1. The van der Waals surface area contributed by atoms with Crippen LogP contribution in [0.2, 0.25) is 0 Å². The second-order valence-electron chi connectivity index (χ2n) is 5.90. The molecule has 2 aromatic rings. The first kappa shape index (κ1) is 20.4. The van der Waals surface area contributed by atoms with Crippen LogP contribution in [0.15, 0.2) is 53.4 Å². The van der Waals surface area contributed by atoms with Crippen molar-refractivity contribution in [1.82, 2.24) is 5.32 Å². The molecule has 0 aliphatic rings. The lowest BCUT2D eigenvalue weighted by molar-refractivity contribution is -0.121.